The molecular weight excluding hydrogens is 432 g/mol. The second kappa shape index (κ2) is 8.41. The summed E-state index contributed by atoms with van der Waals surface area (Å²) in [5, 5.41) is 3.25. The number of methoxy groups -OCH3 is 3. The number of halogens is 1. The van der Waals surface area contributed by atoms with Gasteiger partial charge >= 0.3 is 0 Å². The normalized spacial score (nSPS) is 11.0. The van der Waals surface area contributed by atoms with Crippen LogP contribution in [0.25, 0.3) is 16.3 Å². The van der Waals surface area contributed by atoms with Crippen LogP contribution in [-0.2, 0) is 4.79 Å². The number of thiazole rings is 1. The highest BCUT2D eigenvalue weighted by Gasteiger charge is 2.12. The molecule has 2 aromatic carbocycles. The third-order valence-electron chi connectivity index (χ3n) is 3.73. The Kier molecular flexibility index (Phi) is 5.98. The zero-order valence-electron chi connectivity index (χ0n) is 14.9. The highest BCUT2D eigenvalue weighted by atomic mass is 79.9. The van der Waals surface area contributed by atoms with Gasteiger partial charge in [-0.15, -0.1) is 0 Å². The van der Waals surface area contributed by atoms with Gasteiger partial charge in [-0.2, -0.15) is 0 Å². The van der Waals surface area contributed by atoms with Crippen LogP contribution in [0.1, 0.15) is 5.56 Å². The summed E-state index contributed by atoms with van der Waals surface area (Å²) < 4.78 is 17.7. The monoisotopic (exact) mass is 448 g/mol. The fraction of sp³-hybridized carbons (Fsp3) is 0.158. The lowest BCUT2D eigenvalue weighted by atomic mass is 10.2. The van der Waals surface area contributed by atoms with Crippen LogP contribution in [-0.4, -0.2) is 32.2 Å². The van der Waals surface area contributed by atoms with Gasteiger partial charge in [0.1, 0.15) is 22.8 Å². The van der Waals surface area contributed by atoms with Crippen LogP contribution < -0.4 is 19.5 Å². The van der Waals surface area contributed by atoms with E-state index in [-0.39, 0.29) is 5.91 Å². The van der Waals surface area contributed by atoms with Gasteiger partial charge in [-0.05, 0) is 30.3 Å². The number of ether oxygens (including phenoxy) is 3. The number of nitrogens with one attached hydrogen (secondary N) is 1. The van der Waals surface area contributed by atoms with Crippen molar-refractivity contribution in [3.8, 4) is 17.2 Å². The van der Waals surface area contributed by atoms with Gasteiger partial charge in [0, 0.05) is 22.2 Å². The predicted molar refractivity (Wildman–Crippen MR) is 111 cm³/mol. The Morgan fingerprint density at radius 2 is 1.89 bits per heavy atom. The van der Waals surface area contributed by atoms with Gasteiger partial charge in [0.15, 0.2) is 5.13 Å². The molecule has 0 unspecified atom stereocenters. The molecule has 0 radical (unpaired) electrons. The molecule has 27 heavy (non-hydrogen) atoms. The molecule has 1 heterocycles. The van der Waals surface area contributed by atoms with Crippen molar-refractivity contribution in [3.63, 3.8) is 0 Å². The Bertz CT molecular complexity index is 1020. The Morgan fingerprint density at radius 3 is 2.59 bits per heavy atom. The van der Waals surface area contributed by atoms with E-state index >= 15 is 0 Å². The lowest BCUT2D eigenvalue weighted by molar-refractivity contribution is -0.111. The van der Waals surface area contributed by atoms with Crippen LogP contribution in [0.3, 0.4) is 0 Å². The molecule has 0 aliphatic rings. The first-order chi connectivity index (χ1) is 13.0. The fourth-order valence-electron chi connectivity index (χ4n) is 2.45. The SMILES string of the molecule is COc1cc(OC)c2nc(NC(=O)C=Cc3cc(Br)ccc3OC)sc2c1. The van der Waals surface area contributed by atoms with Crippen molar-refractivity contribution in [3.05, 3.63) is 46.4 Å². The third-order valence-corrected chi connectivity index (χ3v) is 5.14. The van der Waals surface area contributed by atoms with Gasteiger partial charge in [0.2, 0.25) is 5.91 Å². The molecule has 3 rings (SSSR count). The first-order valence-electron chi connectivity index (χ1n) is 7.89. The number of nitrogens with zero attached hydrogens (tertiary/aromatic N) is 1. The second-order valence-corrected chi connectivity index (χ2v) is 7.35. The lowest BCUT2D eigenvalue weighted by Gasteiger charge is -2.04. The maximum Gasteiger partial charge on any atom is 0.250 e. The first kappa shape index (κ1) is 19.2. The molecule has 1 aromatic heterocycles. The Morgan fingerprint density at radius 1 is 1.11 bits per heavy atom. The molecule has 0 aliphatic heterocycles. The van der Waals surface area contributed by atoms with E-state index in [1.165, 1.54) is 17.4 Å². The first-order valence-corrected chi connectivity index (χ1v) is 9.50. The molecule has 1 N–H and O–H groups in total. The number of benzene rings is 2. The summed E-state index contributed by atoms with van der Waals surface area (Å²) in [7, 11) is 4.74. The number of aromatic nitrogens is 1. The summed E-state index contributed by atoms with van der Waals surface area (Å²) in [6.07, 6.45) is 3.13. The molecule has 1 amide bonds. The summed E-state index contributed by atoms with van der Waals surface area (Å²) >= 11 is 4.76. The zero-order valence-corrected chi connectivity index (χ0v) is 17.3. The van der Waals surface area contributed by atoms with Crippen LogP contribution in [0.4, 0.5) is 5.13 Å². The van der Waals surface area contributed by atoms with Crippen LogP contribution in [0.2, 0.25) is 0 Å². The van der Waals surface area contributed by atoms with Crippen LogP contribution in [0.5, 0.6) is 17.2 Å². The van der Waals surface area contributed by atoms with Gasteiger partial charge in [-0.25, -0.2) is 4.98 Å². The van der Waals surface area contributed by atoms with Crippen molar-refractivity contribution < 1.29 is 19.0 Å². The Labute approximate surface area is 168 Å². The van der Waals surface area contributed by atoms with E-state index in [2.05, 4.69) is 26.2 Å². The lowest BCUT2D eigenvalue weighted by Crippen LogP contribution is -2.07. The minimum Gasteiger partial charge on any atom is -0.497 e. The number of carbonyl (C=O) groups excluding carboxylic acids is 1. The van der Waals surface area contributed by atoms with E-state index in [0.29, 0.717) is 27.9 Å². The molecule has 6 nitrogen and oxygen atoms in total. The van der Waals surface area contributed by atoms with Crippen molar-refractivity contribution in [1.82, 2.24) is 4.98 Å². The second-order valence-electron chi connectivity index (χ2n) is 5.40. The minimum atomic E-state index is -0.290. The summed E-state index contributed by atoms with van der Waals surface area (Å²) in [4.78, 5) is 16.7. The van der Waals surface area contributed by atoms with Gasteiger partial charge in [0.05, 0.1) is 26.0 Å². The van der Waals surface area contributed by atoms with Crippen molar-refractivity contribution in [2.75, 3.05) is 26.6 Å². The van der Waals surface area contributed by atoms with E-state index in [1.54, 1.807) is 33.5 Å². The van der Waals surface area contributed by atoms with Gasteiger partial charge < -0.3 is 14.2 Å². The van der Waals surface area contributed by atoms with Crippen molar-refractivity contribution in [2.45, 2.75) is 0 Å². The number of fused-ring (bicyclic) bond motifs is 1. The Balaban J connectivity index is 1.81. The molecule has 0 fully saturated rings. The van der Waals surface area contributed by atoms with E-state index in [4.69, 9.17) is 14.2 Å². The molecule has 0 aliphatic carbocycles. The fourth-order valence-corrected chi connectivity index (χ4v) is 3.74. The summed E-state index contributed by atoms with van der Waals surface area (Å²) in [6.45, 7) is 0. The maximum atomic E-state index is 12.3. The number of carbonyl (C=O) groups is 1. The van der Waals surface area contributed by atoms with Crippen LogP contribution in [0, 0.1) is 0 Å². The molecule has 8 heteroatoms. The minimum absolute atomic E-state index is 0.290. The highest BCUT2D eigenvalue weighted by Crippen LogP contribution is 2.36. The average Bonchev–Trinajstić information content (AvgIpc) is 3.07. The largest absolute Gasteiger partial charge is 0.497 e. The standard InChI is InChI=1S/C19H17BrN2O4S/c1-24-13-9-15(26-3)18-16(10-13)27-19(22-18)21-17(23)7-4-11-8-12(20)5-6-14(11)25-2/h4-10H,1-3H3,(H,21,22,23). The molecule has 0 bridgehead atoms. The molecular formula is C19H17BrN2O4S. The number of hydrogen-bond acceptors (Lipinski definition) is 6. The molecule has 0 saturated heterocycles. The van der Waals surface area contributed by atoms with Crippen molar-refractivity contribution >= 4 is 54.6 Å². The van der Waals surface area contributed by atoms with Crippen LogP contribution >= 0.6 is 27.3 Å². The Hall–Kier alpha value is -2.58. The number of hydrogen-bond donors (Lipinski definition) is 1. The summed E-state index contributed by atoms with van der Waals surface area (Å²) in [6, 6.07) is 9.19. The van der Waals surface area contributed by atoms with Crippen molar-refractivity contribution in [2.24, 2.45) is 0 Å². The van der Waals surface area contributed by atoms with Crippen molar-refractivity contribution in [1.29, 1.82) is 0 Å². The van der Waals surface area contributed by atoms with Crippen LogP contribution in [0.15, 0.2) is 40.9 Å². The predicted octanol–water partition coefficient (Wildman–Crippen LogP) is 4.74. The smallest absolute Gasteiger partial charge is 0.250 e. The van der Waals surface area contributed by atoms with E-state index in [9.17, 15) is 4.79 Å². The molecule has 140 valence electrons. The van der Waals surface area contributed by atoms with E-state index in [1.807, 2.05) is 24.3 Å². The summed E-state index contributed by atoms with van der Waals surface area (Å²) in [5.41, 5.74) is 1.47. The van der Waals surface area contributed by atoms with Gasteiger partial charge in [-0.1, -0.05) is 27.3 Å². The number of amides is 1. The third kappa shape index (κ3) is 4.40. The number of anilines is 1. The molecule has 3 aromatic rings. The quantitative estimate of drug-likeness (QED) is 0.551. The summed E-state index contributed by atoms with van der Waals surface area (Å²) in [5.74, 6) is 1.65. The molecule has 0 atom stereocenters. The van der Waals surface area contributed by atoms with E-state index in [0.717, 1.165) is 14.7 Å². The van der Waals surface area contributed by atoms with Gasteiger partial charge in [-0.3, -0.25) is 10.1 Å². The molecule has 0 saturated carbocycles. The van der Waals surface area contributed by atoms with E-state index < -0.39 is 0 Å². The van der Waals surface area contributed by atoms with Gasteiger partial charge in [0.25, 0.3) is 0 Å². The topological polar surface area (TPSA) is 69.7 Å². The molecule has 0 spiro atoms. The highest BCUT2D eigenvalue weighted by molar-refractivity contribution is 9.10. The zero-order chi connectivity index (χ0) is 19.4. The maximum absolute atomic E-state index is 12.3. The average molecular weight is 449 g/mol. The number of rotatable bonds is 6.